The zero-order chi connectivity index (χ0) is 18.9. The quantitative estimate of drug-likeness (QED) is 0.765. The Hall–Kier alpha value is -2.00. The summed E-state index contributed by atoms with van der Waals surface area (Å²) in [6.45, 7) is 1.89. The van der Waals surface area contributed by atoms with Gasteiger partial charge in [0, 0.05) is 43.6 Å². The van der Waals surface area contributed by atoms with Gasteiger partial charge in [0.25, 0.3) is 5.91 Å². The van der Waals surface area contributed by atoms with Crippen LogP contribution in [-0.2, 0) is 10.0 Å². The monoisotopic (exact) mass is 422 g/mol. The van der Waals surface area contributed by atoms with Crippen molar-refractivity contribution >= 4 is 28.3 Å². The van der Waals surface area contributed by atoms with Crippen LogP contribution in [0.5, 0.6) is 0 Å². The first kappa shape index (κ1) is 20.7. The Bertz CT molecular complexity index is 935. The molecule has 2 fully saturated rings. The van der Waals surface area contributed by atoms with Crippen LogP contribution in [0.25, 0.3) is 0 Å². The highest BCUT2D eigenvalue weighted by atomic mass is 35.5. The molecular weight excluding hydrogens is 400 g/mol. The molecule has 2 heterocycles. The second-order valence-electron chi connectivity index (χ2n) is 6.93. The van der Waals surface area contributed by atoms with Crippen molar-refractivity contribution in [3.05, 3.63) is 59.9 Å². The largest absolute Gasteiger partial charge is 0.329 e. The molecule has 1 atom stereocenters. The van der Waals surface area contributed by atoms with Crippen molar-refractivity contribution in [3.8, 4) is 0 Å². The average Bonchev–Trinajstić information content (AvgIpc) is 3.51. The molecule has 4 rings (SSSR count). The minimum Gasteiger partial charge on any atom is -0.329 e. The molecule has 1 amide bonds. The molecule has 1 unspecified atom stereocenters. The fraction of sp³-hybridized carbons (Fsp3) is 0.368. The topological polar surface area (TPSA) is 91.4 Å². The first-order valence-corrected chi connectivity index (χ1v) is 10.6. The fourth-order valence-corrected chi connectivity index (χ4v) is 4.62. The Morgan fingerprint density at radius 2 is 2.04 bits per heavy atom. The number of carbonyl (C=O) groups excluding carboxylic acids is 1. The highest BCUT2D eigenvalue weighted by Gasteiger charge is 2.31. The van der Waals surface area contributed by atoms with Crippen LogP contribution in [0.15, 0.2) is 53.7 Å². The van der Waals surface area contributed by atoms with E-state index in [0.29, 0.717) is 25.2 Å². The summed E-state index contributed by atoms with van der Waals surface area (Å²) >= 11 is 0. The van der Waals surface area contributed by atoms with Crippen molar-refractivity contribution in [1.82, 2.24) is 19.9 Å². The molecule has 0 radical (unpaired) electrons. The number of halogens is 1. The lowest BCUT2D eigenvalue weighted by Crippen LogP contribution is -2.48. The molecule has 1 aromatic carbocycles. The standard InChI is InChI=1S/C19H22N4O3S.ClH/c24-19(23-10-9-21-13-18(23)15-4-2-8-20-12-15)14-3-1-5-17(11-14)27(25,26)22-16-6-7-16;/h1-5,8,11-12,16,18,21-22H,6-7,9-10,13H2;1H. The number of nitrogens with zero attached hydrogens (tertiary/aromatic N) is 2. The van der Waals surface area contributed by atoms with Crippen LogP contribution < -0.4 is 10.0 Å². The lowest BCUT2D eigenvalue weighted by molar-refractivity contribution is 0.0633. The molecule has 1 saturated heterocycles. The summed E-state index contributed by atoms with van der Waals surface area (Å²) in [7, 11) is -3.59. The van der Waals surface area contributed by atoms with Gasteiger partial charge in [0.1, 0.15) is 0 Å². The van der Waals surface area contributed by atoms with Crippen molar-refractivity contribution in [2.24, 2.45) is 0 Å². The smallest absolute Gasteiger partial charge is 0.254 e. The number of rotatable bonds is 5. The molecular formula is C19H23ClN4O3S. The maximum absolute atomic E-state index is 13.2. The molecule has 9 heteroatoms. The van der Waals surface area contributed by atoms with Crippen LogP contribution >= 0.6 is 12.4 Å². The summed E-state index contributed by atoms with van der Waals surface area (Å²) in [6, 6.07) is 9.97. The highest BCUT2D eigenvalue weighted by Crippen LogP contribution is 2.25. The van der Waals surface area contributed by atoms with Gasteiger partial charge in [0.05, 0.1) is 10.9 Å². The number of aromatic nitrogens is 1. The van der Waals surface area contributed by atoms with E-state index in [2.05, 4.69) is 15.0 Å². The third-order valence-electron chi connectivity index (χ3n) is 4.86. The molecule has 0 bridgehead atoms. The minimum absolute atomic E-state index is 0. The number of hydrogen-bond acceptors (Lipinski definition) is 5. The second-order valence-corrected chi connectivity index (χ2v) is 8.64. The summed E-state index contributed by atoms with van der Waals surface area (Å²) in [5.74, 6) is -0.172. The number of amides is 1. The van der Waals surface area contributed by atoms with E-state index in [-0.39, 0.29) is 35.3 Å². The lowest BCUT2D eigenvalue weighted by Gasteiger charge is -2.36. The van der Waals surface area contributed by atoms with Gasteiger partial charge in [-0.2, -0.15) is 0 Å². The predicted octanol–water partition coefficient (Wildman–Crippen LogP) is 1.73. The molecule has 1 aliphatic heterocycles. The van der Waals surface area contributed by atoms with E-state index in [1.54, 1.807) is 29.4 Å². The Morgan fingerprint density at radius 3 is 2.75 bits per heavy atom. The molecule has 150 valence electrons. The van der Waals surface area contributed by atoms with E-state index >= 15 is 0 Å². The summed E-state index contributed by atoms with van der Waals surface area (Å²) < 4.78 is 27.6. The summed E-state index contributed by atoms with van der Waals surface area (Å²) in [4.78, 5) is 19.2. The van der Waals surface area contributed by atoms with Gasteiger partial charge in [-0.15, -0.1) is 12.4 Å². The lowest BCUT2D eigenvalue weighted by atomic mass is 10.0. The highest BCUT2D eigenvalue weighted by molar-refractivity contribution is 7.89. The minimum atomic E-state index is -3.59. The van der Waals surface area contributed by atoms with Gasteiger partial charge in [0.2, 0.25) is 10.0 Å². The molecule has 28 heavy (non-hydrogen) atoms. The first-order valence-electron chi connectivity index (χ1n) is 9.08. The number of nitrogens with one attached hydrogen (secondary N) is 2. The van der Waals surface area contributed by atoms with Crippen LogP contribution in [0.4, 0.5) is 0 Å². The second kappa shape index (κ2) is 8.57. The average molecular weight is 423 g/mol. The van der Waals surface area contributed by atoms with Crippen LogP contribution in [-0.4, -0.2) is 49.9 Å². The fourth-order valence-electron chi connectivity index (χ4n) is 3.27. The van der Waals surface area contributed by atoms with Gasteiger partial charge in [0.15, 0.2) is 0 Å². The summed E-state index contributed by atoms with van der Waals surface area (Å²) in [5.41, 5.74) is 1.33. The molecule has 2 aromatic rings. The number of sulfonamides is 1. The van der Waals surface area contributed by atoms with Gasteiger partial charge in [-0.25, -0.2) is 13.1 Å². The molecule has 1 saturated carbocycles. The number of pyridine rings is 1. The number of hydrogen-bond donors (Lipinski definition) is 2. The van der Waals surface area contributed by atoms with Crippen molar-refractivity contribution in [1.29, 1.82) is 0 Å². The molecule has 1 aromatic heterocycles. The Labute approximate surface area is 171 Å². The van der Waals surface area contributed by atoms with Crippen LogP contribution in [0.3, 0.4) is 0 Å². The molecule has 2 N–H and O–H groups in total. The Morgan fingerprint density at radius 1 is 1.21 bits per heavy atom. The van der Waals surface area contributed by atoms with Gasteiger partial charge in [-0.3, -0.25) is 9.78 Å². The van der Waals surface area contributed by atoms with E-state index < -0.39 is 10.0 Å². The molecule has 2 aliphatic rings. The van der Waals surface area contributed by atoms with Gasteiger partial charge >= 0.3 is 0 Å². The Kier molecular flexibility index (Phi) is 6.34. The van der Waals surface area contributed by atoms with Crippen molar-refractivity contribution in [3.63, 3.8) is 0 Å². The maximum Gasteiger partial charge on any atom is 0.254 e. The zero-order valence-electron chi connectivity index (χ0n) is 15.2. The predicted molar refractivity (Wildman–Crippen MR) is 108 cm³/mol. The number of piperazine rings is 1. The van der Waals surface area contributed by atoms with E-state index in [9.17, 15) is 13.2 Å². The SMILES string of the molecule is Cl.O=C(c1cccc(S(=O)(=O)NC2CC2)c1)N1CCNCC1c1cccnc1. The normalized spacial score (nSPS) is 19.7. The van der Waals surface area contributed by atoms with Crippen molar-refractivity contribution in [2.45, 2.75) is 29.8 Å². The number of benzene rings is 1. The molecule has 7 nitrogen and oxygen atoms in total. The molecule has 0 spiro atoms. The maximum atomic E-state index is 13.2. The van der Waals surface area contributed by atoms with E-state index in [0.717, 1.165) is 18.4 Å². The Balaban J connectivity index is 0.00000225. The zero-order valence-corrected chi connectivity index (χ0v) is 16.9. The van der Waals surface area contributed by atoms with Crippen LogP contribution in [0.2, 0.25) is 0 Å². The van der Waals surface area contributed by atoms with E-state index in [1.807, 2.05) is 12.1 Å². The first-order chi connectivity index (χ1) is 13.0. The third-order valence-corrected chi connectivity index (χ3v) is 6.38. The van der Waals surface area contributed by atoms with E-state index in [1.165, 1.54) is 12.1 Å². The van der Waals surface area contributed by atoms with Crippen LogP contribution in [0, 0.1) is 0 Å². The summed E-state index contributed by atoms with van der Waals surface area (Å²) in [6.07, 6.45) is 5.20. The van der Waals surface area contributed by atoms with Crippen molar-refractivity contribution in [2.75, 3.05) is 19.6 Å². The third kappa shape index (κ3) is 4.52. The van der Waals surface area contributed by atoms with Gasteiger partial charge in [-0.05, 0) is 42.7 Å². The van der Waals surface area contributed by atoms with Crippen LogP contribution in [0.1, 0.15) is 34.8 Å². The number of carbonyl (C=O) groups is 1. The van der Waals surface area contributed by atoms with Gasteiger partial charge < -0.3 is 10.2 Å². The summed E-state index contributed by atoms with van der Waals surface area (Å²) in [5, 5.41) is 3.31. The van der Waals surface area contributed by atoms with E-state index in [4.69, 9.17) is 0 Å². The van der Waals surface area contributed by atoms with Gasteiger partial charge in [-0.1, -0.05) is 12.1 Å². The molecule has 1 aliphatic carbocycles. The van der Waals surface area contributed by atoms with Crippen molar-refractivity contribution < 1.29 is 13.2 Å².